The fourth-order valence-electron chi connectivity index (χ4n) is 8.96. The maximum Gasteiger partial charge on any atom is 0.306 e. The zero-order valence-electron chi connectivity index (χ0n) is 52.0. The van der Waals surface area contributed by atoms with Crippen LogP contribution in [0, 0.1) is 0 Å². The molecule has 0 aliphatic heterocycles. The number of unbranched alkanes of at least 4 members (excludes halogenated alkanes) is 26. The average Bonchev–Trinajstić information content (AvgIpc) is 3.46. The van der Waals surface area contributed by atoms with E-state index in [-0.39, 0.29) is 31.1 Å². The van der Waals surface area contributed by atoms with Crippen LogP contribution in [0.1, 0.15) is 297 Å². The van der Waals surface area contributed by atoms with E-state index in [4.69, 9.17) is 14.2 Å². The van der Waals surface area contributed by atoms with E-state index in [0.29, 0.717) is 19.3 Å². The Morgan fingerprint density at radius 2 is 0.487 bits per heavy atom. The van der Waals surface area contributed by atoms with Gasteiger partial charge < -0.3 is 14.2 Å². The Kier molecular flexibility index (Phi) is 63.3. The van der Waals surface area contributed by atoms with E-state index in [1.54, 1.807) is 0 Å². The molecule has 0 saturated carbocycles. The third-order valence-electron chi connectivity index (χ3n) is 13.9. The summed E-state index contributed by atoms with van der Waals surface area (Å²) in [5.74, 6) is -0.946. The Hall–Kier alpha value is -4.45. The SMILES string of the molecule is CC/C=C\C/C=C\C/C=C\C/C=C\C/C=C\C/C=C\CCCCCCCCCCCCCCC(=O)OCC(COC(=O)CCCC/C=C\C/C=C\C/C=C\C/C=C\CC)OC(=O)CCCCCCC/C=C\CCCCCCCCC. The van der Waals surface area contributed by atoms with E-state index in [2.05, 4.69) is 154 Å². The third kappa shape index (κ3) is 64.4. The summed E-state index contributed by atoms with van der Waals surface area (Å²) < 4.78 is 16.9. The van der Waals surface area contributed by atoms with E-state index in [9.17, 15) is 14.4 Å². The van der Waals surface area contributed by atoms with Gasteiger partial charge in [0.1, 0.15) is 13.2 Å². The second-order valence-corrected chi connectivity index (χ2v) is 21.6. The Balaban J connectivity index is 4.31. The predicted octanol–water partition coefficient (Wildman–Crippen LogP) is 22.9. The van der Waals surface area contributed by atoms with Crippen LogP contribution in [-0.2, 0) is 28.6 Å². The minimum absolute atomic E-state index is 0.0976. The Morgan fingerprint density at radius 1 is 0.263 bits per heavy atom. The molecule has 0 bridgehead atoms. The fourth-order valence-corrected chi connectivity index (χ4v) is 8.96. The van der Waals surface area contributed by atoms with E-state index in [1.807, 2.05) is 0 Å². The zero-order valence-corrected chi connectivity index (χ0v) is 52.0. The first-order chi connectivity index (χ1) is 39.5. The highest BCUT2D eigenvalue weighted by molar-refractivity contribution is 5.71. The third-order valence-corrected chi connectivity index (χ3v) is 13.9. The molecule has 0 heterocycles. The van der Waals surface area contributed by atoms with Gasteiger partial charge in [-0.25, -0.2) is 0 Å². The number of carbonyl (C=O) groups is 3. The lowest BCUT2D eigenvalue weighted by Gasteiger charge is -2.18. The summed E-state index contributed by atoms with van der Waals surface area (Å²) in [6, 6.07) is 0. The zero-order chi connectivity index (χ0) is 57.8. The van der Waals surface area contributed by atoms with Crippen molar-refractivity contribution in [3.63, 3.8) is 0 Å². The first-order valence-corrected chi connectivity index (χ1v) is 33.2. The van der Waals surface area contributed by atoms with Crippen LogP contribution in [0.2, 0.25) is 0 Å². The molecule has 0 saturated heterocycles. The first kappa shape index (κ1) is 75.5. The van der Waals surface area contributed by atoms with Gasteiger partial charge in [0.05, 0.1) is 0 Å². The molecule has 0 radical (unpaired) electrons. The van der Waals surface area contributed by atoms with Gasteiger partial charge in [0, 0.05) is 19.3 Å². The molecule has 0 amide bonds. The van der Waals surface area contributed by atoms with Crippen molar-refractivity contribution in [2.45, 2.75) is 303 Å². The minimum atomic E-state index is -0.805. The van der Waals surface area contributed by atoms with Gasteiger partial charge >= 0.3 is 17.9 Å². The molecule has 0 spiro atoms. The highest BCUT2D eigenvalue weighted by Gasteiger charge is 2.19. The van der Waals surface area contributed by atoms with Crippen LogP contribution >= 0.6 is 0 Å². The lowest BCUT2D eigenvalue weighted by Crippen LogP contribution is -2.30. The van der Waals surface area contributed by atoms with Crippen LogP contribution < -0.4 is 0 Å². The number of esters is 3. The van der Waals surface area contributed by atoms with Gasteiger partial charge in [-0.15, -0.1) is 0 Å². The monoisotopic (exact) mass is 1110 g/mol. The molecule has 0 aromatic rings. The molecule has 6 heteroatoms. The van der Waals surface area contributed by atoms with E-state index in [1.165, 1.54) is 122 Å². The van der Waals surface area contributed by atoms with Gasteiger partial charge in [-0.05, 0) is 135 Å². The number of allylic oxidation sites excluding steroid dienone is 22. The van der Waals surface area contributed by atoms with Gasteiger partial charge in [0.15, 0.2) is 6.10 Å². The standard InChI is InChI=1S/C74H122O6/c1-4-7-10-13-16-19-22-25-28-30-31-32-33-34-35-36-37-38-39-40-41-42-43-44-47-49-52-55-58-61-64-67-73(76)79-70-71(69-78-72(75)66-63-60-57-54-51-48-45-27-24-21-18-15-12-9-6-3)80-74(77)68-65-62-59-56-53-50-46-29-26-23-20-17-14-11-8-5-2/h7,9-10,12,16,18-19,21,25,27-29,31-32,34-35,37-38,45-46,51,54,71H,4-6,8,11,13-15,17,20,22-24,26,30,33,36,39-44,47-50,52-53,55-70H2,1-3H3/b10-7-,12-9-,19-16-,21-18-,28-25-,32-31-,35-34-,38-37-,45-27-,46-29-,54-51-. The summed E-state index contributed by atoms with van der Waals surface area (Å²) in [7, 11) is 0. The number of hydrogen-bond acceptors (Lipinski definition) is 6. The number of hydrogen-bond donors (Lipinski definition) is 0. The van der Waals surface area contributed by atoms with E-state index >= 15 is 0 Å². The normalized spacial score (nSPS) is 13.0. The lowest BCUT2D eigenvalue weighted by atomic mass is 10.0. The molecule has 0 aromatic carbocycles. The van der Waals surface area contributed by atoms with Gasteiger partial charge in [0.25, 0.3) is 0 Å². The maximum absolute atomic E-state index is 12.9. The van der Waals surface area contributed by atoms with Gasteiger partial charge in [-0.3, -0.25) is 14.4 Å². The second-order valence-electron chi connectivity index (χ2n) is 21.6. The molecule has 1 atom stereocenters. The molecule has 454 valence electrons. The summed E-state index contributed by atoms with van der Waals surface area (Å²) in [5.41, 5.74) is 0. The molecular weight excluding hydrogens is 985 g/mol. The van der Waals surface area contributed by atoms with Gasteiger partial charge in [-0.1, -0.05) is 276 Å². The second kappa shape index (κ2) is 67.1. The largest absolute Gasteiger partial charge is 0.462 e. The Morgan fingerprint density at radius 3 is 0.800 bits per heavy atom. The molecule has 0 fully saturated rings. The Bertz CT molecular complexity index is 1700. The summed E-state index contributed by atoms with van der Waals surface area (Å²) in [6.45, 7) is 6.38. The van der Waals surface area contributed by atoms with Gasteiger partial charge in [0.2, 0.25) is 0 Å². The van der Waals surface area contributed by atoms with Crippen molar-refractivity contribution in [2.24, 2.45) is 0 Å². The molecule has 0 rings (SSSR count). The van der Waals surface area contributed by atoms with Crippen molar-refractivity contribution in [3.05, 3.63) is 134 Å². The topological polar surface area (TPSA) is 78.9 Å². The molecule has 80 heavy (non-hydrogen) atoms. The number of rotatable bonds is 59. The van der Waals surface area contributed by atoms with Gasteiger partial charge in [-0.2, -0.15) is 0 Å². The first-order valence-electron chi connectivity index (χ1n) is 33.2. The maximum atomic E-state index is 12.9. The van der Waals surface area contributed by atoms with Crippen molar-refractivity contribution in [3.8, 4) is 0 Å². The van der Waals surface area contributed by atoms with Crippen molar-refractivity contribution in [2.75, 3.05) is 13.2 Å². The van der Waals surface area contributed by atoms with Crippen molar-refractivity contribution < 1.29 is 28.6 Å². The summed E-state index contributed by atoms with van der Waals surface area (Å²) in [5, 5.41) is 0. The molecule has 1 unspecified atom stereocenters. The van der Waals surface area contributed by atoms with Crippen molar-refractivity contribution >= 4 is 17.9 Å². The molecule has 6 nitrogen and oxygen atoms in total. The summed E-state index contributed by atoms with van der Waals surface area (Å²) in [6.07, 6.45) is 94.7. The molecular formula is C74H122O6. The van der Waals surface area contributed by atoms with E-state index in [0.717, 1.165) is 135 Å². The van der Waals surface area contributed by atoms with E-state index < -0.39 is 6.10 Å². The predicted molar refractivity (Wildman–Crippen MR) is 348 cm³/mol. The highest BCUT2D eigenvalue weighted by Crippen LogP contribution is 2.16. The molecule has 0 aliphatic rings. The van der Waals surface area contributed by atoms with Crippen LogP contribution in [0.4, 0.5) is 0 Å². The quantitative estimate of drug-likeness (QED) is 0.0261. The molecule has 0 aliphatic carbocycles. The van der Waals surface area contributed by atoms with Crippen LogP contribution in [0.5, 0.6) is 0 Å². The van der Waals surface area contributed by atoms with Crippen molar-refractivity contribution in [1.29, 1.82) is 0 Å². The number of ether oxygens (including phenoxy) is 3. The summed E-state index contributed by atoms with van der Waals surface area (Å²) >= 11 is 0. The minimum Gasteiger partial charge on any atom is -0.462 e. The smallest absolute Gasteiger partial charge is 0.306 e. The highest BCUT2D eigenvalue weighted by atomic mass is 16.6. The van der Waals surface area contributed by atoms with Crippen LogP contribution in [-0.4, -0.2) is 37.2 Å². The molecule has 0 N–H and O–H groups in total. The molecule has 0 aromatic heterocycles. The lowest BCUT2D eigenvalue weighted by molar-refractivity contribution is -0.167. The Labute approximate surface area is 494 Å². The van der Waals surface area contributed by atoms with Crippen molar-refractivity contribution in [1.82, 2.24) is 0 Å². The van der Waals surface area contributed by atoms with Crippen LogP contribution in [0.3, 0.4) is 0 Å². The van der Waals surface area contributed by atoms with Crippen LogP contribution in [0.25, 0.3) is 0 Å². The number of carbonyl (C=O) groups excluding carboxylic acids is 3. The summed E-state index contributed by atoms with van der Waals surface area (Å²) in [4.78, 5) is 38.3. The van der Waals surface area contributed by atoms with Crippen LogP contribution in [0.15, 0.2) is 134 Å². The fraction of sp³-hybridized carbons (Fsp3) is 0.662. The average molecular weight is 1110 g/mol.